The molecule has 1 amide bonds. The number of hydrogen-bond acceptors (Lipinski definition) is 5. The molecule has 0 aliphatic heterocycles. The van der Waals surface area contributed by atoms with Crippen molar-refractivity contribution < 1.29 is 24.5 Å². The van der Waals surface area contributed by atoms with E-state index in [4.69, 9.17) is 4.74 Å². The Morgan fingerprint density at radius 3 is 2.23 bits per heavy atom. The highest BCUT2D eigenvalue weighted by Crippen LogP contribution is 2.18. The second-order valence-electron chi connectivity index (χ2n) is 5.98. The Labute approximate surface area is 130 Å². The minimum absolute atomic E-state index is 0.377. The normalized spacial score (nSPS) is 14.0. The van der Waals surface area contributed by atoms with E-state index in [2.05, 4.69) is 5.32 Å². The number of aliphatic carboxylic acids is 1. The van der Waals surface area contributed by atoms with Crippen molar-refractivity contribution in [2.45, 2.75) is 51.9 Å². The molecule has 0 aromatic heterocycles. The number of carboxylic acids is 1. The van der Waals surface area contributed by atoms with Gasteiger partial charge in [0.05, 0.1) is 5.97 Å². The molecular formula is C16H22NO5-. The third-order valence-electron chi connectivity index (χ3n) is 2.97. The lowest BCUT2D eigenvalue weighted by atomic mass is 10.0. The molecule has 0 aliphatic carbocycles. The van der Waals surface area contributed by atoms with Gasteiger partial charge in [-0.3, -0.25) is 0 Å². The van der Waals surface area contributed by atoms with Crippen LogP contribution in [-0.2, 0) is 16.0 Å². The molecule has 0 unspecified atom stereocenters. The van der Waals surface area contributed by atoms with Gasteiger partial charge in [-0.15, -0.1) is 0 Å². The van der Waals surface area contributed by atoms with E-state index in [1.54, 1.807) is 45.0 Å². The summed E-state index contributed by atoms with van der Waals surface area (Å²) in [4.78, 5) is 22.9. The fourth-order valence-electron chi connectivity index (χ4n) is 1.84. The highest BCUT2D eigenvalue weighted by molar-refractivity contribution is 5.79. The van der Waals surface area contributed by atoms with Crippen LogP contribution in [0.15, 0.2) is 24.3 Å². The van der Waals surface area contributed by atoms with Gasteiger partial charge in [-0.05, 0) is 38.3 Å². The molecular weight excluding hydrogens is 286 g/mol. The minimum Gasteiger partial charge on any atom is -0.548 e. The van der Waals surface area contributed by atoms with E-state index in [0.717, 1.165) is 12.0 Å². The molecule has 1 aromatic carbocycles. The molecule has 6 nitrogen and oxygen atoms in total. The summed E-state index contributed by atoms with van der Waals surface area (Å²) in [5, 5.41) is 23.5. The fourth-order valence-corrected chi connectivity index (χ4v) is 1.84. The van der Waals surface area contributed by atoms with Crippen LogP contribution < -0.4 is 10.4 Å². The maximum absolute atomic E-state index is 11.7. The van der Waals surface area contributed by atoms with Crippen molar-refractivity contribution in [3.8, 4) is 0 Å². The third kappa shape index (κ3) is 5.37. The van der Waals surface area contributed by atoms with E-state index in [-0.39, 0.29) is 0 Å². The van der Waals surface area contributed by atoms with Gasteiger partial charge in [0.2, 0.25) is 0 Å². The van der Waals surface area contributed by atoms with Crippen LogP contribution in [0.25, 0.3) is 0 Å². The monoisotopic (exact) mass is 308 g/mol. The summed E-state index contributed by atoms with van der Waals surface area (Å²) in [6, 6.07) is 5.23. The zero-order valence-corrected chi connectivity index (χ0v) is 13.3. The Kier molecular flexibility index (Phi) is 5.93. The van der Waals surface area contributed by atoms with Gasteiger partial charge in [-0.2, -0.15) is 0 Å². The summed E-state index contributed by atoms with van der Waals surface area (Å²) in [7, 11) is 0. The molecule has 0 radical (unpaired) electrons. The Morgan fingerprint density at radius 2 is 1.82 bits per heavy atom. The van der Waals surface area contributed by atoms with Gasteiger partial charge in [0.15, 0.2) is 0 Å². The van der Waals surface area contributed by atoms with E-state index in [9.17, 15) is 19.8 Å². The van der Waals surface area contributed by atoms with Crippen molar-refractivity contribution in [2.24, 2.45) is 0 Å². The molecule has 0 bridgehead atoms. The number of hydrogen-bond donors (Lipinski definition) is 2. The van der Waals surface area contributed by atoms with Gasteiger partial charge in [0.1, 0.15) is 17.7 Å². The maximum Gasteiger partial charge on any atom is 0.408 e. The first kappa shape index (κ1) is 18.0. The molecule has 0 fully saturated rings. The second kappa shape index (κ2) is 7.26. The summed E-state index contributed by atoms with van der Waals surface area (Å²) in [5.74, 6) is -1.59. The molecule has 0 saturated carbocycles. The molecule has 122 valence electrons. The van der Waals surface area contributed by atoms with Crippen LogP contribution in [0.3, 0.4) is 0 Å². The van der Waals surface area contributed by atoms with Gasteiger partial charge in [-0.25, -0.2) is 4.79 Å². The predicted octanol–water partition coefficient (Wildman–Crippen LogP) is 0.926. The van der Waals surface area contributed by atoms with Crippen LogP contribution in [0, 0.1) is 0 Å². The maximum atomic E-state index is 11.7. The number of alkyl carbamates (subject to hydrolysis) is 1. The summed E-state index contributed by atoms with van der Waals surface area (Å²) in [5.41, 5.74) is 0.664. The average molecular weight is 308 g/mol. The summed E-state index contributed by atoms with van der Waals surface area (Å²) < 4.78 is 4.99. The van der Waals surface area contributed by atoms with Crippen LogP contribution in [0.5, 0.6) is 0 Å². The van der Waals surface area contributed by atoms with Gasteiger partial charge in [0, 0.05) is 0 Å². The average Bonchev–Trinajstić information content (AvgIpc) is 2.42. The van der Waals surface area contributed by atoms with Gasteiger partial charge < -0.3 is 25.1 Å². The number of carboxylic acid groups (broad SMARTS) is 1. The quantitative estimate of drug-likeness (QED) is 0.843. The van der Waals surface area contributed by atoms with Crippen LogP contribution in [-0.4, -0.2) is 28.8 Å². The molecule has 0 aliphatic rings. The summed E-state index contributed by atoms with van der Waals surface area (Å²) >= 11 is 0. The lowest BCUT2D eigenvalue weighted by Gasteiger charge is -2.27. The summed E-state index contributed by atoms with van der Waals surface area (Å²) in [6.07, 6.45) is -1.52. The van der Waals surface area contributed by atoms with Crippen LogP contribution >= 0.6 is 0 Å². The van der Waals surface area contributed by atoms with Crippen molar-refractivity contribution in [1.29, 1.82) is 0 Å². The number of benzene rings is 1. The van der Waals surface area contributed by atoms with Gasteiger partial charge in [-0.1, -0.05) is 31.2 Å². The highest BCUT2D eigenvalue weighted by Gasteiger charge is 2.26. The number of aliphatic hydroxyl groups is 1. The van der Waals surface area contributed by atoms with Gasteiger partial charge >= 0.3 is 6.09 Å². The van der Waals surface area contributed by atoms with E-state index in [1.807, 2.05) is 6.92 Å². The molecule has 1 aromatic rings. The number of ether oxygens (including phenoxy) is 1. The molecule has 0 spiro atoms. The van der Waals surface area contributed by atoms with Crippen molar-refractivity contribution in [1.82, 2.24) is 5.32 Å². The standard InChI is InChI=1S/C16H23NO5/c1-5-10-6-8-11(9-7-10)13(18)12(14(19)20)17-15(21)22-16(2,3)4/h6-9,12-13,18H,5H2,1-4H3,(H,17,21)(H,19,20)/p-1/t12-,13-/m1/s1. The van der Waals surface area contributed by atoms with E-state index >= 15 is 0 Å². The molecule has 0 heterocycles. The molecule has 6 heteroatoms. The second-order valence-corrected chi connectivity index (χ2v) is 5.98. The van der Waals surface area contributed by atoms with Gasteiger partial charge in [0.25, 0.3) is 0 Å². The number of carbonyl (C=O) groups excluding carboxylic acids is 2. The molecule has 1 rings (SSSR count). The highest BCUT2D eigenvalue weighted by atomic mass is 16.6. The van der Waals surface area contributed by atoms with Crippen molar-refractivity contribution in [2.75, 3.05) is 0 Å². The minimum atomic E-state index is -1.60. The molecule has 22 heavy (non-hydrogen) atoms. The topological polar surface area (TPSA) is 98.7 Å². The Balaban J connectivity index is 2.85. The van der Waals surface area contributed by atoms with Crippen LogP contribution in [0.1, 0.15) is 44.9 Å². The van der Waals surface area contributed by atoms with E-state index in [1.165, 1.54) is 0 Å². The largest absolute Gasteiger partial charge is 0.548 e. The Hall–Kier alpha value is -2.08. The lowest BCUT2D eigenvalue weighted by Crippen LogP contribution is -2.52. The van der Waals surface area contributed by atoms with E-state index in [0.29, 0.717) is 5.56 Å². The third-order valence-corrected chi connectivity index (χ3v) is 2.97. The number of rotatable bonds is 5. The Morgan fingerprint density at radius 1 is 1.27 bits per heavy atom. The SMILES string of the molecule is CCc1ccc([C@@H](O)[C@@H](NC(=O)OC(C)(C)C)C(=O)[O-])cc1. The van der Waals surface area contributed by atoms with Crippen LogP contribution in [0.2, 0.25) is 0 Å². The van der Waals surface area contributed by atoms with Crippen molar-refractivity contribution in [3.05, 3.63) is 35.4 Å². The zero-order chi connectivity index (χ0) is 16.9. The first-order valence-corrected chi connectivity index (χ1v) is 7.11. The first-order chi connectivity index (χ1) is 10.1. The fraction of sp³-hybridized carbons (Fsp3) is 0.500. The number of carbonyl (C=O) groups is 2. The number of amides is 1. The predicted molar refractivity (Wildman–Crippen MR) is 78.9 cm³/mol. The number of aryl methyl sites for hydroxylation is 1. The number of aliphatic hydroxyl groups excluding tert-OH is 1. The molecule has 2 atom stereocenters. The molecule has 2 N–H and O–H groups in total. The summed E-state index contributed by atoms with van der Waals surface area (Å²) in [6.45, 7) is 6.95. The van der Waals surface area contributed by atoms with Crippen molar-refractivity contribution in [3.63, 3.8) is 0 Å². The first-order valence-electron chi connectivity index (χ1n) is 7.11. The van der Waals surface area contributed by atoms with Crippen LogP contribution in [0.4, 0.5) is 4.79 Å². The zero-order valence-electron chi connectivity index (χ0n) is 13.3. The lowest BCUT2D eigenvalue weighted by molar-refractivity contribution is -0.310. The van der Waals surface area contributed by atoms with Crippen molar-refractivity contribution >= 4 is 12.1 Å². The molecule has 0 saturated heterocycles. The van der Waals surface area contributed by atoms with E-state index < -0.39 is 29.8 Å². The Bertz CT molecular complexity index is 518. The number of nitrogens with one attached hydrogen (secondary N) is 1. The smallest absolute Gasteiger partial charge is 0.408 e.